The van der Waals surface area contributed by atoms with Crippen LogP contribution in [0, 0.1) is 5.92 Å². The van der Waals surface area contributed by atoms with Gasteiger partial charge in [-0.25, -0.2) is 0 Å². The Balaban J connectivity index is 1.95. The van der Waals surface area contributed by atoms with Gasteiger partial charge in [-0.1, -0.05) is 18.2 Å². The summed E-state index contributed by atoms with van der Waals surface area (Å²) in [6.07, 6.45) is 11.3. The van der Waals surface area contributed by atoms with Gasteiger partial charge < -0.3 is 9.64 Å². The fourth-order valence-electron chi connectivity index (χ4n) is 2.44. The smallest absolute Gasteiger partial charge is 0.0908 e. The van der Waals surface area contributed by atoms with Crippen LogP contribution in [0.3, 0.4) is 0 Å². The molecule has 102 valence electrons. The molecule has 0 saturated carbocycles. The first-order valence-corrected chi connectivity index (χ1v) is 7.53. The Morgan fingerprint density at radius 2 is 2.37 bits per heavy atom. The Labute approximate surface area is 119 Å². The zero-order valence-corrected chi connectivity index (χ0v) is 12.4. The van der Waals surface area contributed by atoms with Crippen molar-refractivity contribution in [2.24, 2.45) is 5.92 Å². The van der Waals surface area contributed by atoms with Crippen molar-refractivity contribution >= 4 is 16.3 Å². The number of rotatable bonds is 5. The fourth-order valence-corrected chi connectivity index (χ4v) is 3.21. The molecule has 1 aliphatic rings. The zero-order valence-electron chi connectivity index (χ0n) is 11.6. The highest BCUT2D eigenvalue weighted by Gasteiger charge is 2.24. The Hall–Kier alpha value is -1.48. The molecule has 2 nitrogen and oxygen atoms in total. The number of ether oxygens (including phenoxy) is 1. The second kappa shape index (κ2) is 7.19. The van der Waals surface area contributed by atoms with E-state index in [1.165, 1.54) is 17.0 Å². The summed E-state index contributed by atoms with van der Waals surface area (Å²) < 4.78 is 4.89. The lowest BCUT2D eigenvalue weighted by Gasteiger charge is -2.16. The van der Waals surface area contributed by atoms with E-state index in [4.69, 9.17) is 4.74 Å². The lowest BCUT2D eigenvalue weighted by atomic mass is 9.97. The van der Waals surface area contributed by atoms with Crippen LogP contribution in [0.1, 0.15) is 13.3 Å². The van der Waals surface area contributed by atoms with Crippen molar-refractivity contribution in [2.75, 3.05) is 25.1 Å². The van der Waals surface area contributed by atoms with Gasteiger partial charge >= 0.3 is 0 Å². The summed E-state index contributed by atoms with van der Waals surface area (Å²) in [5.41, 5.74) is 1.42. The van der Waals surface area contributed by atoms with Crippen LogP contribution < -0.4 is 4.90 Å². The van der Waals surface area contributed by atoms with Crippen LogP contribution >= 0.6 is 11.3 Å². The molecule has 0 radical (unpaired) electrons. The van der Waals surface area contributed by atoms with E-state index in [1.54, 1.807) is 13.4 Å². The first-order valence-electron chi connectivity index (χ1n) is 6.66. The van der Waals surface area contributed by atoms with Crippen LogP contribution in [-0.4, -0.2) is 20.2 Å². The van der Waals surface area contributed by atoms with Gasteiger partial charge in [0.05, 0.1) is 18.4 Å². The molecule has 2 heterocycles. The maximum atomic E-state index is 4.89. The van der Waals surface area contributed by atoms with Crippen molar-refractivity contribution in [3.05, 3.63) is 53.7 Å². The quantitative estimate of drug-likeness (QED) is 0.589. The Morgan fingerprint density at radius 3 is 3.05 bits per heavy atom. The molecule has 1 atom stereocenters. The molecule has 1 fully saturated rings. The molecule has 0 bridgehead atoms. The third-order valence-electron chi connectivity index (χ3n) is 3.43. The average molecular weight is 275 g/mol. The minimum absolute atomic E-state index is 0.638. The summed E-state index contributed by atoms with van der Waals surface area (Å²) in [7, 11) is 1.66. The molecular weight excluding hydrogens is 254 g/mol. The second-order valence-electron chi connectivity index (χ2n) is 4.59. The van der Waals surface area contributed by atoms with Crippen LogP contribution in [0.15, 0.2) is 53.7 Å². The van der Waals surface area contributed by atoms with E-state index in [1.807, 2.05) is 23.5 Å². The van der Waals surface area contributed by atoms with E-state index in [-0.39, 0.29) is 0 Å². The summed E-state index contributed by atoms with van der Waals surface area (Å²) in [6, 6.07) is 4.33. The summed E-state index contributed by atoms with van der Waals surface area (Å²) >= 11 is 1.83. The molecule has 1 unspecified atom stereocenters. The molecule has 0 aromatic carbocycles. The maximum absolute atomic E-state index is 4.89. The molecule has 0 spiro atoms. The molecule has 1 saturated heterocycles. The molecule has 19 heavy (non-hydrogen) atoms. The van der Waals surface area contributed by atoms with Crippen molar-refractivity contribution in [1.29, 1.82) is 0 Å². The number of thiophene rings is 1. The molecule has 1 aromatic rings. The van der Waals surface area contributed by atoms with Crippen molar-refractivity contribution in [3.8, 4) is 0 Å². The van der Waals surface area contributed by atoms with Gasteiger partial charge in [0.2, 0.25) is 0 Å². The largest absolute Gasteiger partial charge is 0.504 e. The van der Waals surface area contributed by atoms with Gasteiger partial charge in [-0.15, -0.1) is 11.3 Å². The Bertz CT molecular complexity index is 459. The second-order valence-corrected chi connectivity index (χ2v) is 5.52. The number of allylic oxidation sites excluding steroid dienone is 4. The molecule has 3 heteroatoms. The number of nitrogens with zero attached hydrogens (tertiary/aromatic N) is 1. The van der Waals surface area contributed by atoms with Crippen LogP contribution in [-0.2, 0) is 4.74 Å². The van der Waals surface area contributed by atoms with E-state index in [0.29, 0.717) is 5.92 Å². The van der Waals surface area contributed by atoms with E-state index >= 15 is 0 Å². The third kappa shape index (κ3) is 3.74. The van der Waals surface area contributed by atoms with Gasteiger partial charge in [0, 0.05) is 19.0 Å². The van der Waals surface area contributed by atoms with Gasteiger partial charge in [0.1, 0.15) is 0 Å². The van der Waals surface area contributed by atoms with Crippen molar-refractivity contribution in [2.45, 2.75) is 13.3 Å². The molecule has 1 aromatic heterocycles. The summed E-state index contributed by atoms with van der Waals surface area (Å²) in [4.78, 5) is 2.48. The summed E-state index contributed by atoms with van der Waals surface area (Å²) in [5, 5.41) is 3.54. The SMILES string of the molecule is C\C=C(/C=C\C=C\OC)C1CCN(c2cccs2)C1. The first kappa shape index (κ1) is 13.9. The van der Waals surface area contributed by atoms with Crippen LogP contribution in [0.25, 0.3) is 0 Å². The number of hydrogen-bond acceptors (Lipinski definition) is 3. The minimum atomic E-state index is 0.638. The lowest BCUT2D eigenvalue weighted by Crippen LogP contribution is -2.18. The van der Waals surface area contributed by atoms with Gasteiger partial charge in [-0.05, 0) is 42.5 Å². The number of methoxy groups -OCH3 is 1. The summed E-state index contributed by atoms with van der Waals surface area (Å²) in [6.45, 7) is 4.40. The standard InChI is InChI=1S/C16H21NOS/c1-3-14(7-4-5-11-18-2)15-9-10-17(13-15)16-8-6-12-19-16/h3-8,11-12,15H,9-10,13H2,1-2H3/b7-4-,11-5+,14-3+. The predicted molar refractivity (Wildman–Crippen MR) is 83.7 cm³/mol. The first-order chi connectivity index (χ1) is 9.35. The molecule has 1 aliphatic heterocycles. The number of anilines is 1. The van der Waals surface area contributed by atoms with E-state index in [9.17, 15) is 0 Å². The lowest BCUT2D eigenvalue weighted by molar-refractivity contribution is 0.338. The highest BCUT2D eigenvalue weighted by molar-refractivity contribution is 7.14. The third-order valence-corrected chi connectivity index (χ3v) is 4.35. The fraction of sp³-hybridized carbons (Fsp3) is 0.375. The van der Waals surface area contributed by atoms with Crippen LogP contribution in [0.4, 0.5) is 5.00 Å². The van der Waals surface area contributed by atoms with E-state index in [2.05, 4.69) is 41.5 Å². The molecule has 0 N–H and O–H groups in total. The van der Waals surface area contributed by atoms with Crippen LogP contribution in [0.2, 0.25) is 0 Å². The Kier molecular flexibility index (Phi) is 5.28. The van der Waals surface area contributed by atoms with Crippen LogP contribution in [0.5, 0.6) is 0 Å². The topological polar surface area (TPSA) is 12.5 Å². The van der Waals surface area contributed by atoms with Gasteiger partial charge in [-0.3, -0.25) is 0 Å². The molecule has 0 amide bonds. The highest BCUT2D eigenvalue weighted by atomic mass is 32.1. The highest BCUT2D eigenvalue weighted by Crippen LogP contribution is 2.31. The minimum Gasteiger partial charge on any atom is -0.504 e. The summed E-state index contributed by atoms with van der Waals surface area (Å²) in [5.74, 6) is 0.638. The number of hydrogen-bond donors (Lipinski definition) is 0. The maximum Gasteiger partial charge on any atom is 0.0908 e. The van der Waals surface area contributed by atoms with Gasteiger partial charge in [-0.2, -0.15) is 0 Å². The van der Waals surface area contributed by atoms with Crippen molar-refractivity contribution in [3.63, 3.8) is 0 Å². The van der Waals surface area contributed by atoms with Crippen molar-refractivity contribution < 1.29 is 4.74 Å². The average Bonchev–Trinajstić information content (AvgIpc) is 3.09. The van der Waals surface area contributed by atoms with E-state index < -0.39 is 0 Å². The molecule has 0 aliphatic carbocycles. The predicted octanol–water partition coefficient (Wildman–Crippen LogP) is 4.24. The zero-order chi connectivity index (χ0) is 13.5. The molecular formula is C16H21NOS. The van der Waals surface area contributed by atoms with Crippen molar-refractivity contribution in [1.82, 2.24) is 0 Å². The van der Waals surface area contributed by atoms with Gasteiger partial charge in [0.15, 0.2) is 0 Å². The van der Waals surface area contributed by atoms with E-state index in [0.717, 1.165) is 13.1 Å². The Morgan fingerprint density at radius 1 is 1.47 bits per heavy atom. The monoisotopic (exact) mass is 275 g/mol. The van der Waals surface area contributed by atoms with Gasteiger partial charge in [0.25, 0.3) is 0 Å². The normalized spacial score (nSPS) is 20.8. The molecule has 2 rings (SSSR count).